The predicted molar refractivity (Wildman–Crippen MR) is 68.4 cm³/mol. The third kappa shape index (κ3) is 3.35. The number of carbonyl (C=O) groups excluding carboxylic acids is 1. The fourth-order valence-corrected chi connectivity index (χ4v) is 1.84. The van der Waals surface area contributed by atoms with Crippen molar-refractivity contribution in [3.63, 3.8) is 0 Å². The first kappa shape index (κ1) is 13.6. The van der Waals surface area contributed by atoms with Crippen LogP contribution in [0.1, 0.15) is 10.4 Å². The van der Waals surface area contributed by atoms with Crippen LogP contribution in [0.3, 0.4) is 0 Å². The summed E-state index contributed by atoms with van der Waals surface area (Å²) in [6.07, 6.45) is 0. The normalized spacial score (nSPS) is 10.3. The van der Waals surface area contributed by atoms with E-state index in [1.165, 1.54) is 12.1 Å². The molecular weight excluding hydrogens is 323 g/mol. The highest BCUT2D eigenvalue weighted by Crippen LogP contribution is 2.20. The Labute approximate surface area is 115 Å². The van der Waals surface area contributed by atoms with Gasteiger partial charge in [-0.3, -0.25) is 4.79 Å². The zero-order valence-electron chi connectivity index (χ0n) is 9.38. The quantitative estimate of drug-likeness (QED) is 0.882. The highest BCUT2D eigenvalue weighted by Gasteiger charge is 2.10. The van der Waals surface area contributed by atoms with Crippen molar-refractivity contribution in [1.82, 2.24) is 0 Å². The molecule has 19 heavy (non-hydrogen) atoms. The van der Waals surface area contributed by atoms with E-state index in [1.807, 2.05) is 0 Å². The molecule has 0 heterocycles. The molecule has 0 aliphatic heterocycles. The summed E-state index contributed by atoms with van der Waals surface area (Å²) in [6, 6.07) is 6.35. The van der Waals surface area contributed by atoms with Gasteiger partial charge in [-0.1, -0.05) is 0 Å². The molecule has 0 aromatic heterocycles. The minimum atomic E-state index is -0.842. The van der Waals surface area contributed by atoms with Crippen molar-refractivity contribution in [3.8, 4) is 0 Å². The minimum absolute atomic E-state index is 0.155. The summed E-state index contributed by atoms with van der Waals surface area (Å²) in [4.78, 5) is 11.8. The molecule has 2 aromatic carbocycles. The van der Waals surface area contributed by atoms with Gasteiger partial charge in [-0.05, 0) is 46.3 Å². The third-order valence-electron chi connectivity index (χ3n) is 2.30. The second-order valence-corrected chi connectivity index (χ2v) is 4.60. The molecule has 0 fully saturated rings. The summed E-state index contributed by atoms with van der Waals surface area (Å²) in [5, 5.41) is 2.41. The molecule has 1 amide bonds. The smallest absolute Gasteiger partial charge is 0.255 e. The van der Waals surface area contributed by atoms with Crippen molar-refractivity contribution in [3.05, 3.63) is 63.9 Å². The lowest BCUT2D eigenvalue weighted by Gasteiger charge is -2.06. The number of amides is 1. The van der Waals surface area contributed by atoms with E-state index in [0.29, 0.717) is 11.8 Å². The first-order valence-electron chi connectivity index (χ1n) is 5.18. The van der Waals surface area contributed by atoms with Gasteiger partial charge in [0.15, 0.2) is 0 Å². The molecule has 6 heteroatoms. The van der Waals surface area contributed by atoms with Crippen LogP contribution in [0, 0.1) is 17.5 Å². The molecule has 0 spiro atoms. The van der Waals surface area contributed by atoms with Gasteiger partial charge in [0.1, 0.15) is 17.5 Å². The lowest BCUT2D eigenvalue weighted by Crippen LogP contribution is -2.12. The maximum atomic E-state index is 13.0. The van der Waals surface area contributed by atoms with Crippen LogP contribution in [-0.2, 0) is 0 Å². The summed E-state index contributed by atoms with van der Waals surface area (Å²) in [7, 11) is 0. The topological polar surface area (TPSA) is 29.1 Å². The van der Waals surface area contributed by atoms with E-state index in [4.69, 9.17) is 0 Å². The molecule has 1 N–H and O–H groups in total. The Morgan fingerprint density at radius 3 is 2.21 bits per heavy atom. The third-order valence-corrected chi connectivity index (χ3v) is 2.91. The summed E-state index contributed by atoms with van der Waals surface area (Å²) < 4.78 is 39.1. The molecule has 0 saturated carbocycles. The first-order chi connectivity index (χ1) is 8.95. The lowest BCUT2D eigenvalue weighted by molar-refractivity contribution is 0.102. The summed E-state index contributed by atoms with van der Waals surface area (Å²) in [6.45, 7) is 0. The van der Waals surface area contributed by atoms with Crippen molar-refractivity contribution < 1.29 is 18.0 Å². The monoisotopic (exact) mass is 329 g/mol. The van der Waals surface area contributed by atoms with E-state index >= 15 is 0 Å². The standard InChI is InChI=1S/C13H7BrF3NO/c14-11-6-10(1-2-12(11)17)18-13(19)7-3-8(15)5-9(16)4-7/h1-6H,(H,18,19). The van der Waals surface area contributed by atoms with Gasteiger partial charge in [0, 0.05) is 17.3 Å². The van der Waals surface area contributed by atoms with E-state index in [9.17, 15) is 18.0 Å². The average molecular weight is 330 g/mol. The molecule has 2 rings (SSSR count). The molecule has 2 aromatic rings. The number of anilines is 1. The van der Waals surface area contributed by atoms with Gasteiger partial charge in [0.25, 0.3) is 5.91 Å². The van der Waals surface area contributed by atoms with Crippen molar-refractivity contribution in [1.29, 1.82) is 0 Å². The molecule has 0 unspecified atom stereocenters. The molecule has 0 aliphatic rings. The van der Waals surface area contributed by atoms with E-state index < -0.39 is 23.4 Å². The highest BCUT2D eigenvalue weighted by molar-refractivity contribution is 9.10. The lowest BCUT2D eigenvalue weighted by atomic mass is 10.2. The number of rotatable bonds is 2. The second-order valence-electron chi connectivity index (χ2n) is 3.74. The van der Waals surface area contributed by atoms with Gasteiger partial charge < -0.3 is 5.32 Å². The molecule has 0 bridgehead atoms. The average Bonchev–Trinajstić information content (AvgIpc) is 2.32. The van der Waals surface area contributed by atoms with Gasteiger partial charge in [0.2, 0.25) is 0 Å². The van der Waals surface area contributed by atoms with Crippen molar-refractivity contribution in [2.45, 2.75) is 0 Å². The van der Waals surface area contributed by atoms with Crippen LogP contribution in [-0.4, -0.2) is 5.91 Å². The van der Waals surface area contributed by atoms with E-state index in [0.717, 1.165) is 18.2 Å². The Hall–Kier alpha value is -1.82. The van der Waals surface area contributed by atoms with Crippen LogP contribution in [0.4, 0.5) is 18.9 Å². The summed E-state index contributed by atoms with van der Waals surface area (Å²) in [5.74, 6) is -2.84. The highest BCUT2D eigenvalue weighted by atomic mass is 79.9. The predicted octanol–water partition coefficient (Wildman–Crippen LogP) is 4.12. The molecular formula is C13H7BrF3NO. The number of carbonyl (C=O) groups is 1. The van der Waals surface area contributed by atoms with Gasteiger partial charge in [0.05, 0.1) is 4.47 Å². The number of nitrogens with one attached hydrogen (secondary N) is 1. The Kier molecular flexibility index (Phi) is 3.90. The minimum Gasteiger partial charge on any atom is -0.322 e. The molecule has 98 valence electrons. The fourth-order valence-electron chi connectivity index (χ4n) is 1.46. The van der Waals surface area contributed by atoms with Gasteiger partial charge in [-0.2, -0.15) is 0 Å². The van der Waals surface area contributed by atoms with E-state index in [-0.39, 0.29) is 10.0 Å². The van der Waals surface area contributed by atoms with E-state index in [2.05, 4.69) is 21.2 Å². The zero-order chi connectivity index (χ0) is 14.0. The Bertz CT molecular complexity index is 626. The number of benzene rings is 2. The largest absolute Gasteiger partial charge is 0.322 e. The van der Waals surface area contributed by atoms with E-state index in [1.54, 1.807) is 0 Å². The first-order valence-corrected chi connectivity index (χ1v) is 5.97. The van der Waals surface area contributed by atoms with Crippen LogP contribution in [0.25, 0.3) is 0 Å². The van der Waals surface area contributed by atoms with Gasteiger partial charge in [-0.25, -0.2) is 13.2 Å². The maximum Gasteiger partial charge on any atom is 0.255 e. The van der Waals surface area contributed by atoms with Crippen LogP contribution in [0.5, 0.6) is 0 Å². The van der Waals surface area contributed by atoms with Crippen molar-refractivity contribution in [2.24, 2.45) is 0 Å². The van der Waals surface area contributed by atoms with Crippen molar-refractivity contribution in [2.75, 3.05) is 5.32 Å². The number of halogens is 4. The SMILES string of the molecule is O=C(Nc1ccc(F)c(Br)c1)c1cc(F)cc(F)c1. The summed E-state index contributed by atoms with van der Waals surface area (Å²) in [5.41, 5.74) is 0.154. The maximum absolute atomic E-state index is 13.0. The van der Waals surface area contributed by atoms with Gasteiger partial charge >= 0.3 is 0 Å². The summed E-state index contributed by atoms with van der Waals surface area (Å²) >= 11 is 2.97. The second kappa shape index (κ2) is 5.44. The van der Waals surface area contributed by atoms with Gasteiger partial charge in [-0.15, -0.1) is 0 Å². The fraction of sp³-hybridized carbons (Fsp3) is 0. The molecule has 0 saturated heterocycles. The van der Waals surface area contributed by atoms with Crippen LogP contribution in [0.15, 0.2) is 40.9 Å². The van der Waals surface area contributed by atoms with Crippen LogP contribution < -0.4 is 5.32 Å². The molecule has 0 atom stereocenters. The number of hydrogen-bond acceptors (Lipinski definition) is 1. The zero-order valence-corrected chi connectivity index (χ0v) is 11.0. The van der Waals surface area contributed by atoms with Crippen LogP contribution in [0.2, 0.25) is 0 Å². The number of hydrogen-bond donors (Lipinski definition) is 1. The Morgan fingerprint density at radius 2 is 1.63 bits per heavy atom. The Balaban J connectivity index is 2.22. The molecule has 2 nitrogen and oxygen atoms in total. The Morgan fingerprint density at radius 1 is 1.00 bits per heavy atom. The molecule has 0 radical (unpaired) electrons. The van der Waals surface area contributed by atoms with Crippen molar-refractivity contribution >= 4 is 27.5 Å². The van der Waals surface area contributed by atoms with Crippen LogP contribution >= 0.6 is 15.9 Å². The molecule has 0 aliphatic carbocycles.